The zero-order valence-corrected chi connectivity index (χ0v) is 25.9. The lowest BCUT2D eigenvalue weighted by Crippen LogP contribution is -2.53. The summed E-state index contributed by atoms with van der Waals surface area (Å²) in [6, 6.07) is 12.0. The largest absolute Gasteiger partial charge is 0.494 e. The fourth-order valence-corrected chi connectivity index (χ4v) is 6.15. The van der Waals surface area contributed by atoms with Crippen molar-refractivity contribution in [2.75, 3.05) is 61.2 Å². The number of carbonyl (C=O) groups is 1. The van der Waals surface area contributed by atoms with Crippen LogP contribution in [0.3, 0.4) is 0 Å². The van der Waals surface area contributed by atoms with Crippen LogP contribution in [-0.4, -0.2) is 85.6 Å². The number of benzene rings is 2. The molecule has 232 valence electrons. The molecular weight excluding hydrogens is 556 g/mol. The second-order valence-corrected chi connectivity index (χ2v) is 11.3. The molecule has 1 amide bonds. The summed E-state index contributed by atoms with van der Waals surface area (Å²) in [6.45, 7) is 11.6. The first-order chi connectivity index (χ1) is 21.3. The Hall–Kier alpha value is -4.48. The molecule has 0 unspecified atom stereocenters. The second-order valence-electron chi connectivity index (χ2n) is 11.3. The predicted molar refractivity (Wildman–Crippen MR) is 177 cm³/mol. The smallest absolute Gasteiger partial charge is 0.247 e. The minimum atomic E-state index is -0.286. The third-order valence-corrected chi connectivity index (χ3v) is 8.23. The van der Waals surface area contributed by atoms with Gasteiger partial charge >= 0.3 is 0 Å². The Kier molecular flexibility index (Phi) is 9.76. The Morgan fingerprint density at radius 1 is 1.07 bits per heavy atom. The molecule has 0 radical (unpaired) electrons. The summed E-state index contributed by atoms with van der Waals surface area (Å²) in [4.78, 5) is 26.3. The highest BCUT2D eigenvalue weighted by Crippen LogP contribution is 2.40. The van der Waals surface area contributed by atoms with E-state index in [1.165, 1.54) is 18.6 Å². The average molecular weight is 599 g/mol. The van der Waals surface area contributed by atoms with E-state index in [1.54, 1.807) is 7.11 Å². The molecule has 44 heavy (non-hydrogen) atoms. The number of morpholine rings is 1. The molecule has 11 nitrogen and oxygen atoms in total. The van der Waals surface area contributed by atoms with Crippen molar-refractivity contribution in [2.45, 2.75) is 44.9 Å². The molecule has 2 aliphatic heterocycles. The van der Waals surface area contributed by atoms with Gasteiger partial charge in [-0.15, -0.1) is 0 Å². The molecule has 3 heterocycles. The molecule has 11 heteroatoms. The van der Waals surface area contributed by atoms with Crippen LogP contribution in [0.1, 0.15) is 32.3 Å². The molecule has 0 bridgehead atoms. The minimum Gasteiger partial charge on any atom is -0.494 e. The maximum Gasteiger partial charge on any atom is 0.247 e. The Morgan fingerprint density at radius 2 is 1.82 bits per heavy atom. The number of anilines is 5. The zero-order valence-electron chi connectivity index (χ0n) is 25.9. The van der Waals surface area contributed by atoms with Gasteiger partial charge in [0.1, 0.15) is 17.9 Å². The number of hydrogen-bond donors (Lipinski definition) is 4. The van der Waals surface area contributed by atoms with Crippen molar-refractivity contribution >= 4 is 40.7 Å². The van der Waals surface area contributed by atoms with Gasteiger partial charge in [-0.1, -0.05) is 18.7 Å². The molecule has 2 aliphatic rings. The number of nitrogens with one attached hydrogen (secondary N) is 4. The normalized spacial score (nSPS) is 19.2. The summed E-state index contributed by atoms with van der Waals surface area (Å²) in [5.74, 6) is 0.910. The van der Waals surface area contributed by atoms with Crippen LogP contribution in [-0.2, 0) is 9.53 Å². The molecule has 3 aromatic rings. The standard InChI is InChI=1S/C33H42N8O3/c1-6-33(42)39-28-14-29(38-32-15-27(36-20-37-32)23-7-8-24(17-34)26(13-23)35-4)31(43-5)16-30(28)40-11-9-25(10-12-40)41-18-21(2)44-22(3)19-41/h6-8,13-17,20-22,25,34-35H,1,9-12,18-19H2,2-5H3,(H,39,42)(H,36,37,38)/t21-,22+. The van der Waals surface area contributed by atoms with Crippen molar-refractivity contribution in [1.29, 1.82) is 5.41 Å². The highest BCUT2D eigenvalue weighted by molar-refractivity contribution is 6.02. The quantitative estimate of drug-likeness (QED) is 0.185. The number of aromatic nitrogens is 2. The van der Waals surface area contributed by atoms with Crippen LogP contribution in [0.2, 0.25) is 0 Å². The second kappa shape index (κ2) is 13.9. The lowest BCUT2D eigenvalue weighted by atomic mass is 10.00. The molecule has 4 N–H and O–H groups in total. The van der Waals surface area contributed by atoms with Crippen molar-refractivity contribution in [1.82, 2.24) is 14.9 Å². The van der Waals surface area contributed by atoms with Gasteiger partial charge in [-0.05, 0) is 44.9 Å². The first kappa shape index (κ1) is 31.0. The van der Waals surface area contributed by atoms with E-state index in [4.69, 9.17) is 14.9 Å². The third kappa shape index (κ3) is 7.00. The van der Waals surface area contributed by atoms with Crippen LogP contribution in [0.4, 0.5) is 28.6 Å². The van der Waals surface area contributed by atoms with Crippen molar-refractivity contribution in [2.24, 2.45) is 0 Å². The number of methoxy groups -OCH3 is 1. The van der Waals surface area contributed by atoms with E-state index in [-0.39, 0.29) is 18.1 Å². The maximum atomic E-state index is 12.5. The third-order valence-electron chi connectivity index (χ3n) is 8.23. The molecule has 1 aromatic heterocycles. The van der Waals surface area contributed by atoms with E-state index in [0.717, 1.165) is 67.2 Å². The average Bonchev–Trinajstić information content (AvgIpc) is 3.04. The molecule has 2 saturated heterocycles. The molecule has 0 spiro atoms. The number of nitrogens with zero attached hydrogens (tertiary/aromatic N) is 4. The van der Waals surface area contributed by atoms with E-state index >= 15 is 0 Å². The van der Waals surface area contributed by atoms with E-state index in [2.05, 4.69) is 56.1 Å². The van der Waals surface area contributed by atoms with Gasteiger partial charge in [-0.25, -0.2) is 9.97 Å². The summed E-state index contributed by atoms with van der Waals surface area (Å²) in [6.07, 6.45) is 6.62. The molecule has 2 aromatic carbocycles. The van der Waals surface area contributed by atoms with Gasteiger partial charge in [-0.3, -0.25) is 9.69 Å². The summed E-state index contributed by atoms with van der Waals surface area (Å²) >= 11 is 0. The monoisotopic (exact) mass is 598 g/mol. The number of ether oxygens (including phenoxy) is 2. The topological polar surface area (TPSA) is 128 Å². The van der Waals surface area contributed by atoms with Gasteiger partial charge in [0, 0.05) is 74.4 Å². The lowest BCUT2D eigenvalue weighted by Gasteiger charge is -2.44. The van der Waals surface area contributed by atoms with Crippen LogP contribution < -0.4 is 25.6 Å². The van der Waals surface area contributed by atoms with Gasteiger partial charge in [0.15, 0.2) is 0 Å². The Labute approximate surface area is 259 Å². The number of carbonyl (C=O) groups excluding carboxylic acids is 1. The van der Waals surface area contributed by atoms with Gasteiger partial charge in [-0.2, -0.15) is 0 Å². The highest BCUT2D eigenvalue weighted by atomic mass is 16.5. The van der Waals surface area contributed by atoms with Crippen molar-refractivity contribution in [3.8, 4) is 17.0 Å². The van der Waals surface area contributed by atoms with Gasteiger partial charge < -0.3 is 35.7 Å². The maximum absolute atomic E-state index is 12.5. The number of rotatable bonds is 10. The molecule has 2 fully saturated rings. The van der Waals surface area contributed by atoms with Crippen LogP contribution in [0.5, 0.6) is 5.75 Å². The number of piperidine rings is 1. The van der Waals surface area contributed by atoms with Crippen LogP contribution >= 0.6 is 0 Å². The number of hydrogen-bond acceptors (Lipinski definition) is 10. The zero-order chi connectivity index (χ0) is 31.2. The molecule has 0 aliphatic carbocycles. The first-order valence-corrected chi connectivity index (χ1v) is 15.0. The van der Waals surface area contributed by atoms with E-state index in [9.17, 15) is 4.79 Å². The predicted octanol–water partition coefficient (Wildman–Crippen LogP) is 5.14. The fourth-order valence-electron chi connectivity index (χ4n) is 6.15. The SMILES string of the molecule is C=CC(=O)Nc1cc(Nc2cc(-c3ccc(C=N)c(NC)c3)ncn2)c(OC)cc1N1CCC(N2C[C@@H](C)O[C@@H](C)C2)CC1. The van der Waals surface area contributed by atoms with Gasteiger partial charge in [0.2, 0.25) is 5.91 Å². The summed E-state index contributed by atoms with van der Waals surface area (Å²) in [7, 11) is 3.46. The van der Waals surface area contributed by atoms with Crippen molar-refractivity contribution < 1.29 is 14.3 Å². The van der Waals surface area contributed by atoms with Gasteiger partial charge in [0.05, 0.1) is 42.1 Å². The Balaban J connectivity index is 1.39. The first-order valence-electron chi connectivity index (χ1n) is 15.0. The summed E-state index contributed by atoms with van der Waals surface area (Å²) < 4.78 is 11.8. The van der Waals surface area contributed by atoms with Crippen LogP contribution in [0.25, 0.3) is 11.3 Å². The minimum absolute atomic E-state index is 0.242. The van der Waals surface area contributed by atoms with Crippen molar-refractivity contribution in [3.63, 3.8) is 0 Å². The molecule has 5 rings (SSSR count). The fraction of sp³-hybridized carbons (Fsp3) is 0.394. The van der Waals surface area contributed by atoms with Crippen LogP contribution in [0, 0.1) is 5.41 Å². The van der Waals surface area contributed by atoms with E-state index in [0.29, 0.717) is 29.0 Å². The molecule has 2 atom stereocenters. The van der Waals surface area contributed by atoms with Crippen LogP contribution in [0.15, 0.2) is 55.4 Å². The van der Waals surface area contributed by atoms with E-state index < -0.39 is 0 Å². The summed E-state index contributed by atoms with van der Waals surface area (Å²) in [5.41, 5.74) is 5.45. The number of amides is 1. The highest BCUT2D eigenvalue weighted by Gasteiger charge is 2.31. The summed E-state index contributed by atoms with van der Waals surface area (Å²) in [5, 5.41) is 17.1. The van der Waals surface area contributed by atoms with Gasteiger partial charge in [0.25, 0.3) is 0 Å². The molecular formula is C33H42N8O3. The Morgan fingerprint density at radius 3 is 2.48 bits per heavy atom. The Bertz CT molecular complexity index is 1490. The van der Waals surface area contributed by atoms with Crippen molar-refractivity contribution in [3.05, 3.63) is 60.9 Å². The molecule has 0 saturated carbocycles. The lowest BCUT2D eigenvalue weighted by molar-refractivity contribution is -0.111. The van der Waals surface area contributed by atoms with E-state index in [1.807, 2.05) is 43.4 Å².